The number of aliphatic hydroxyl groups excluding tert-OH is 1. The van der Waals surface area contributed by atoms with Crippen LogP contribution in [-0.2, 0) is 6.42 Å². The lowest BCUT2D eigenvalue weighted by atomic mass is 10.0. The van der Waals surface area contributed by atoms with Gasteiger partial charge in [-0.05, 0) is 17.5 Å². The third-order valence-corrected chi connectivity index (χ3v) is 1.92. The fourth-order valence-corrected chi connectivity index (χ4v) is 1.21. The Morgan fingerprint density at radius 3 is 2.92 bits per heavy atom. The quantitative estimate of drug-likeness (QED) is 0.725. The molecule has 0 aromatic heterocycles. The lowest BCUT2D eigenvalue weighted by molar-refractivity contribution is 0.265. The molecule has 0 aliphatic rings. The summed E-state index contributed by atoms with van der Waals surface area (Å²) in [6.45, 7) is 3.72. The first-order chi connectivity index (χ1) is 6.26. The van der Waals surface area contributed by atoms with Gasteiger partial charge < -0.3 is 10.8 Å². The van der Waals surface area contributed by atoms with Crippen LogP contribution in [0.1, 0.15) is 11.1 Å². The van der Waals surface area contributed by atoms with Gasteiger partial charge in [-0.25, -0.2) is 0 Å². The van der Waals surface area contributed by atoms with Gasteiger partial charge in [0.05, 0.1) is 6.61 Å². The number of nitrogens with two attached hydrogens (primary N) is 1. The molecule has 3 N–H and O–H groups in total. The molecule has 2 nitrogen and oxygen atoms in total. The lowest BCUT2D eigenvalue weighted by Gasteiger charge is -2.08. The van der Waals surface area contributed by atoms with Gasteiger partial charge in [0.2, 0.25) is 0 Å². The normalized spacial score (nSPS) is 12.5. The summed E-state index contributed by atoms with van der Waals surface area (Å²) >= 11 is 0. The van der Waals surface area contributed by atoms with Crippen LogP contribution in [0.15, 0.2) is 30.8 Å². The summed E-state index contributed by atoms with van der Waals surface area (Å²) in [5.74, 6) is 0. The first-order valence-corrected chi connectivity index (χ1v) is 4.34. The van der Waals surface area contributed by atoms with E-state index in [9.17, 15) is 0 Å². The first-order valence-electron chi connectivity index (χ1n) is 4.34. The third-order valence-electron chi connectivity index (χ3n) is 1.92. The molecule has 1 atom stereocenters. The van der Waals surface area contributed by atoms with Gasteiger partial charge in [0.1, 0.15) is 0 Å². The van der Waals surface area contributed by atoms with Crippen molar-refractivity contribution in [1.82, 2.24) is 0 Å². The second kappa shape index (κ2) is 4.80. The van der Waals surface area contributed by atoms with Crippen molar-refractivity contribution in [3.8, 4) is 0 Å². The van der Waals surface area contributed by atoms with E-state index < -0.39 is 0 Å². The van der Waals surface area contributed by atoms with Crippen LogP contribution < -0.4 is 5.73 Å². The summed E-state index contributed by atoms with van der Waals surface area (Å²) in [5.41, 5.74) is 7.84. The zero-order chi connectivity index (χ0) is 9.68. The molecule has 1 aromatic carbocycles. The second-order valence-corrected chi connectivity index (χ2v) is 3.10. The fourth-order valence-electron chi connectivity index (χ4n) is 1.21. The molecule has 0 saturated carbocycles. The van der Waals surface area contributed by atoms with Gasteiger partial charge in [0, 0.05) is 6.04 Å². The summed E-state index contributed by atoms with van der Waals surface area (Å²) < 4.78 is 0. The number of hydrogen-bond acceptors (Lipinski definition) is 2. The van der Waals surface area contributed by atoms with Crippen molar-refractivity contribution < 1.29 is 5.11 Å². The van der Waals surface area contributed by atoms with Crippen molar-refractivity contribution in [3.63, 3.8) is 0 Å². The highest BCUT2D eigenvalue weighted by molar-refractivity contribution is 5.47. The average molecular weight is 177 g/mol. The van der Waals surface area contributed by atoms with E-state index in [0.29, 0.717) is 6.42 Å². The minimum absolute atomic E-state index is 0.0261. The Bertz CT molecular complexity index is 283. The summed E-state index contributed by atoms with van der Waals surface area (Å²) in [4.78, 5) is 0. The van der Waals surface area contributed by atoms with Crippen molar-refractivity contribution in [1.29, 1.82) is 0 Å². The van der Waals surface area contributed by atoms with E-state index in [1.807, 2.05) is 24.3 Å². The Hall–Kier alpha value is -1.12. The smallest absolute Gasteiger partial charge is 0.0585 e. The Labute approximate surface area is 78.7 Å². The van der Waals surface area contributed by atoms with E-state index in [0.717, 1.165) is 11.1 Å². The van der Waals surface area contributed by atoms with Gasteiger partial charge in [-0.15, -0.1) is 0 Å². The molecule has 0 fully saturated rings. The molecule has 70 valence electrons. The highest BCUT2D eigenvalue weighted by atomic mass is 16.3. The van der Waals surface area contributed by atoms with Crippen LogP contribution in [0.5, 0.6) is 0 Å². The Kier molecular flexibility index (Phi) is 3.68. The average Bonchev–Trinajstić information content (AvgIpc) is 2.18. The second-order valence-electron chi connectivity index (χ2n) is 3.10. The number of hydrogen-bond donors (Lipinski definition) is 2. The summed E-state index contributed by atoms with van der Waals surface area (Å²) in [5, 5.41) is 8.78. The summed E-state index contributed by atoms with van der Waals surface area (Å²) in [6, 6.07) is 7.82. The van der Waals surface area contributed by atoms with E-state index in [2.05, 4.69) is 6.58 Å². The van der Waals surface area contributed by atoms with Crippen LogP contribution in [0.25, 0.3) is 6.08 Å². The van der Waals surface area contributed by atoms with Crippen molar-refractivity contribution in [2.45, 2.75) is 12.5 Å². The molecular formula is C11H15NO. The fraction of sp³-hybridized carbons (Fsp3) is 0.273. The molecule has 0 radical (unpaired) electrons. The molecule has 1 unspecified atom stereocenters. The molecule has 0 heterocycles. The van der Waals surface area contributed by atoms with Gasteiger partial charge >= 0.3 is 0 Å². The topological polar surface area (TPSA) is 46.2 Å². The Morgan fingerprint density at radius 1 is 1.54 bits per heavy atom. The molecule has 0 amide bonds. The number of rotatable bonds is 4. The standard InChI is InChI=1S/C11H15NO/c1-2-9-4-3-5-10(6-9)7-11(12)8-13/h2-6,11,13H,1,7-8,12H2. The van der Waals surface area contributed by atoms with Gasteiger partial charge in [-0.2, -0.15) is 0 Å². The van der Waals surface area contributed by atoms with Crippen LogP contribution in [0.3, 0.4) is 0 Å². The predicted octanol–water partition coefficient (Wildman–Crippen LogP) is 1.19. The van der Waals surface area contributed by atoms with Gasteiger partial charge in [-0.3, -0.25) is 0 Å². The minimum atomic E-state index is -0.167. The zero-order valence-electron chi connectivity index (χ0n) is 7.61. The Morgan fingerprint density at radius 2 is 2.31 bits per heavy atom. The van der Waals surface area contributed by atoms with Crippen molar-refractivity contribution in [2.24, 2.45) is 5.73 Å². The number of aliphatic hydroxyl groups is 1. The molecule has 0 bridgehead atoms. The van der Waals surface area contributed by atoms with Crippen molar-refractivity contribution in [3.05, 3.63) is 42.0 Å². The van der Waals surface area contributed by atoms with E-state index >= 15 is 0 Å². The maximum Gasteiger partial charge on any atom is 0.0585 e. The van der Waals surface area contributed by atoms with Gasteiger partial charge in [-0.1, -0.05) is 36.9 Å². The monoisotopic (exact) mass is 177 g/mol. The van der Waals surface area contributed by atoms with Gasteiger partial charge in [0.25, 0.3) is 0 Å². The molecule has 0 aliphatic carbocycles. The maximum absolute atomic E-state index is 8.78. The molecule has 13 heavy (non-hydrogen) atoms. The summed E-state index contributed by atoms with van der Waals surface area (Å²) in [6.07, 6.45) is 2.51. The molecule has 0 aliphatic heterocycles. The zero-order valence-corrected chi connectivity index (χ0v) is 7.61. The predicted molar refractivity (Wildman–Crippen MR) is 55.3 cm³/mol. The van der Waals surface area contributed by atoms with Crippen LogP contribution in [0.2, 0.25) is 0 Å². The largest absolute Gasteiger partial charge is 0.395 e. The third kappa shape index (κ3) is 3.01. The van der Waals surface area contributed by atoms with Crippen LogP contribution >= 0.6 is 0 Å². The van der Waals surface area contributed by atoms with Crippen molar-refractivity contribution in [2.75, 3.05) is 6.61 Å². The van der Waals surface area contributed by atoms with Crippen molar-refractivity contribution >= 4 is 6.08 Å². The minimum Gasteiger partial charge on any atom is -0.395 e. The molecule has 1 rings (SSSR count). The molecule has 0 spiro atoms. The van der Waals surface area contributed by atoms with E-state index in [4.69, 9.17) is 10.8 Å². The summed E-state index contributed by atoms with van der Waals surface area (Å²) in [7, 11) is 0. The first kappa shape index (κ1) is 9.96. The maximum atomic E-state index is 8.78. The molecular weight excluding hydrogens is 162 g/mol. The van der Waals surface area contributed by atoms with Crippen LogP contribution in [0.4, 0.5) is 0 Å². The molecule has 1 aromatic rings. The number of benzene rings is 1. The Balaban J connectivity index is 2.71. The van der Waals surface area contributed by atoms with Gasteiger partial charge in [0.15, 0.2) is 0 Å². The molecule has 0 saturated heterocycles. The highest BCUT2D eigenvalue weighted by Gasteiger charge is 2.01. The molecule has 2 heteroatoms. The van der Waals surface area contributed by atoms with E-state index in [-0.39, 0.29) is 12.6 Å². The van der Waals surface area contributed by atoms with E-state index in [1.165, 1.54) is 0 Å². The van der Waals surface area contributed by atoms with E-state index in [1.54, 1.807) is 6.08 Å². The van der Waals surface area contributed by atoms with Crippen LogP contribution in [-0.4, -0.2) is 17.8 Å². The highest BCUT2D eigenvalue weighted by Crippen LogP contribution is 2.07. The SMILES string of the molecule is C=Cc1cccc(CC(N)CO)c1. The van der Waals surface area contributed by atoms with Crippen LogP contribution in [0, 0.1) is 0 Å². The lowest BCUT2D eigenvalue weighted by Crippen LogP contribution is -2.26.